The standard InChI is InChI=1S/C14H21BrN2O2S/c1-14(2,19)10-17-6-4-16(5-7-17)9-12(18)13-11(15)3-8-20-13/h3,8,19H,4-7,9-10H2,1-2H3. The topological polar surface area (TPSA) is 43.8 Å². The third-order valence-electron chi connectivity index (χ3n) is 3.31. The lowest BCUT2D eigenvalue weighted by atomic mass is 10.1. The minimum atomic E-state index is -0.653. The predicted molar refractivity (Wildman–Crippen MR) is 85.5 cm³/mol. The zero-order valence-corrected chi connectivity index (χ0v) is 14.3. The summed E-state index contributed by atoms with van der Waals surface area (Å²) in [6, 6.07) is 1.92. The van der Waals surface area contributed by atoms with Crippen LogP contribution in [0.15, 0.2) is 15.9 Å². The van der Waals surface area contributed by atoms with Gasteiger partial charge in [-0.2, -0.15) is 0 Å². The van der Waals surface area contributed by atoms with E-state index >= 15 is 0 Å². The summed E-state index contributed by atoms with van der Waals surface area (Å²) in [7, 11) is 0. The molecule has 0 radical (unpaired) electrons. The molecular weight excluding hydrogens is 340 g/mol. The first-order valence-electron chi connectivity index (χ1n) is 6.78. The van der Waals surface area contributed by atoms with E-state index in [4.69, 9.17) is 0 Å². The fourth-order valence-corrected chi connectivity index (χ4v) is 3.95. The number of halogens is 1. The van der Waals surface area contributed by atoms with E-state index in [1.165, 1.54) is 11.3 Å². The Kier molecular flexibility index (Phi) is 5.36. The molecule has 1 N–H and O–H groups in total. The highest BCUT2D eigenvalue weighted by Crippen LogP contribution is 2.23. The van der Waals surface area contributed by atoms with E-state index in [2.05, 4.69) is 25.7 Å². The van der Waals surface area contributed by atoms with Crippen molar-refractivity contribution >= 4 is 33.0 Å². The number of piperazine rings is 1. The van der Waals surface area contributed by atoms with E-state index in [1.807, 2.05) is 25.3 Å². The average molecular weight is 361 g/mol. The first-order valence-corrected chi connectivity index (χ1v) is 8.46. The fourth-order valence-electron chi connectivity index (χ4n) is 2.42. The maximum atomic E-state index is 12.2. The molecule has 0 amide bonds. The first-order chi connectivity index (χ1) is 9.35. The number of rotatable bonds is 5. The zero-order chi connectivity index (χ0) is 14.8. The van der Waals surface area contributed by atoms with E-state index in [-0.39, 0.29) is 5.78 Å². The lowest BCUT2D eigenvalue weighted by Crippen LogP contribution is -2.51. The largest absolute Gasteiger partial charge is 0.389 e. The summed E-state index contributed by atoms with van der Waals surface area (Å²) < 4.78 is 0.896. The number of hydrogen-bond acceptors (Lipinski definition) is 5. The van der Waals surface area contributed by atoms with Crippen LogP contribution in [0, 0.1) is 0 Å². The number of ketones is 1. The highest BCUT2D eigenvalue weighted by Gasteiger charge is 2.24. The number of nitrogens with zero attached hydrogens (tertiary/aromatic N) is 2. The SMILES string of the molecule is CC(C)(O)CN1CCN(CC(=O)c2sccc2Br)CC1. The second-order valence-electron chi connectivity index (χ2n) is 5.89. The quantitative estimate of drug-likeness (QED) is 0.816. The highest BCUT2D eigenvalue weighted by molar-refractivity contribution is 9.10. The Morgan fingerprint density at radius 1 is 1.35 bits per heavy atom. The van der Waals surface area contributed by atoms with E-state index in [0.717, 1.165) is 35.5 Å². The fraction of sp³-hybridized carbons (Fsp3) is 0.643. The molecule has 1 aliphatic rings. The van der Waals surface area contributed by atoms with Crippen LogP contribution in [0.5, 0.6) is 0 Å². The Labute approximate surface area is 132 Å². The molecule has 6 heteroatoms. The number of hydrogen-bond donors (Lipinski definition) is 1. The van der Waals surface area contributed by atoms with Crippen molar-refractivity contribution in [1.29, 1.82) is 0 Å². The van der Waals surface area contributed by atoms with Crippen LogP contribution in [0.3, 0.4) is 0 Å². The molecule has 0 aromatic carbocycles. The highest BCUT2D eigenvalue weighted by atomic mass is 79.9. The molecule has 1 aromatic heterocycles. The van der Waals surface area contributed by atoms with Gasteiger partial charge in [0.2, 0.25) is 0 Å². The molecular formula is C14H21BrN2O2S. The van der Waals surface area contributed by atoms with E-state index < -0.39 is 5.60 Å². The molecule has 1 saturated heterocycles. The Balaban J connectivity index is 1.80. The van der Waals surface area contributed by atoms with Crippen molar-refractivity contribution < 1.29 is 9.90 Å². The molecule has 2 heterocycles. The molecule has 1 aliphatic heterocycles. The van der Waals surface area contributed by atoms with Crippen LogP contribution in [0.4, 0.5) is 0 Å². The van der Waals surface area contributed by atoms with Crippen molar-refractivity contribution in [2.45, 2.75) is 19.4 Å². The number of aliphatic hydroxyl groups is 1. The molecule has 0 aliphatic carbocycles. The third-order valence-corrected chi connectivity index (χ3v) is 5.19. The van der Waals surface area contributed by atoms with Crippen molar-refractivity contribution in [1.82, 2.24) is 9.80 Å². The van der Waals surface area contributed by atoms with Gasteiger partial charge in [-0.05, 0) is 41.2 Å². The molecule has 112 valence electrons. The van der Waals surface area contributed by atoms with Crippen LogP contribution in [-0.2, 0) is 0 Å². The maximum absolute atomic E-state index is 12.2. The van der Waals surface area contributed by atoms with Crippen molar-refractivity contribution in [3.63, 3.8) is 0 Å². The van der Waals surface area contributed by atoms with Crippen molar-refractivity contribution in [2.75, 3.05) is 39.3 Å². The van der Waals surface area contributed by atoms with Gasteiger partial charge in [0.15, 0.2) is 5.78 Å². The van der Waals surface area contributed by atoms with Gasteiger partial charge in [0, 0.05) is 37.2 Å². The normalized spacial score (nSPS) is 18.4. The molecule has 4 nitrogen and oxygen atoms in total. The van der Waals surface area contributed by atoms with Gasteiger partial charge in [0.1, 0.15) is 0 Å². The van der Waals surface area contributed by atoms with Gasteiger partial charge >= 0.3 is 0 Å². The molecule has 2 rings (SSSR count). The second kappa shape index (κ2) is 6.66. The smallest absolute Gasteiger partial charge is 0.187 e. The summed E-state index contributed by atoms with van der Waals surface area (Å²) in [5.41, 5.74) is -0.653. The number of thiophene rings is 1. The Bertz CT molecular complexity index is 462. The summed E-state index contributed by atoms with van der Waals surface area (Å²) >= 11 is 4.90. The maximum Gasteiger partial charge on any atom is 0.187 e. The van der Waals surface area contributed by atoms with Crippen LogP contribution in [0.1, 0.15) is 23.5 Å². The predicted octanol–water partition coefficient (Wildman–Crippen LogP) is 2.08. The number of carbonyl (C=O) groups is 1. The summed E-state index contributed by atoms with van der Waals surface area (Å²) in [6.45, 7) is 8.40. The third kappa shape index (κ3) is 4.63. The average Bonchev–Trinajstić information content (AvgIpc) is 2.76. The first kappa shape index (κ1) is 16.1. The van der Waals surface area contributed by atoms with Crippen molar-refractivity contribution in [3.05, 3.63) is 20.8 Å². The van der Waals surface area contributed by atoms with Crippen molar-refractivity contribution in [2.24, 2.45) is 0 Å². The van der Waals surface area contributed by atoms with Gasteiger partial charge in [0.05, 0.1) is 17.0 Å². The van der Waals surface area contributed by atoms with Crippen molar-refractivity contribution in [3.8, 4) is 0 Å². The summed E-state index contributed by atoms with van der Waals surface area (Å²) in [4.78, 5) is 17.4. The van der Waals surface area contributed by atoms with Gasteiger partial charge in [-0.25, -0.2) is 0 Å². The summed E-state index contributed by atoms with van der Waals surface area (Å²) in [5, 5.41) is 11.8. The van der Waals surface area contributed by atoms with Crippen LogP contribution >= 0.6 is 27.3 Å². The van der Waals surface area contributed by atoms with Crippen LogP contribution < -0.4 is 0 Å². The Hall–Kier alpha value is -0.270. The number of Topliss-reactive ketones (excluding diaryl/α,β-unsaturated/α-hetero) is 1. The van der Waals surface area contributed by atoms with E-state index in [9.17, 15) is 9.90 Å². The van der Waals surface area contributed by atoms with Crippen LogP contribution in [0.2, 0.25) is 0 Å². The monoisotopic (exact) mass is 360 g/mol. The minimum absolute atomic E-state index is 0.183. The Morgan fingerprint density at radius 3 is 2.45 bits per heavy atom. The van der Waals surface area contributed by atoms with Gasteiger partial charge < -0.3 is 5.11 Å². The van der Waals surface area contributed by atoms with Crippen LogP contribution in [-0.4, -0.2) is 65.6 Å². The molecule has 0 spiro atoms. The van der Waals surface area contributed by atoms with Gasteiger partial charge in [0.25, 0.3) is 0 Å². The number of carbonyl (C=O) groups excluding carboxylic acids is 1. The van der Waals surface area contributed by atoms with Gasteiger partial charge in [-0.3, -0.25) is 14.6 Å². The molecule has 1 aromatic rings. The van der Waals surface area contributed by atoms with Gasteiger partial charge in [-0.1, -0.05) is 0 Å². The molecule has 0 unspecified atom stereocenters. The van der Waals surface area contributed by atoms with E-state index in [0.29, 0.717) is 13.1 Å². The van der Waals surface area contributed by atoms with Crippen LogP contribution in [0.25, 0.3) is 0 Å². The number of β-amino-alcohol motifs (C(OH)–C–C–N with tert-alkyl or cyclic N) is 1. The molecule has 0 atom stereocenters. The molecule has 0 saturated carbocycles. The summed E-state index contributed by atoms with van der Waals surface area (Å²) in [6.07, 6.45) is 0. The zero-order valence-electron chi connectivity index (χ0n) is 11.9. The summed E-state index contributed by atoms with van der Waals surface area (Å²) in [5.74, 6) is 0.183. The lowest BCUT2D eigenvalue weighted by Gasteiger charge is -2.36. The second-order valence-corrected chi connectivity index (χ2v) is 7.66. The molecule has 0 bridgehead atoms. The Morgan fingerprint density at radius 2 is 1.95 bits per heavy atom. The minimum Gasteiger partial charge on any atom is -0.389 e. The van der Waals surface area contributed by atoms with E-state index in [1.54, 1.807) is 0 Å². The van der Waals surface area contributed by atoms with Gasteiger partial charge in [-0.15, -0.1) is 11.3 Å². The lowest BCUT2D eigenvalue weighted by molar-refractivity contribution is 0.0179. The molecule has 20 heavy (non-hydrogen) atoms. The molecule has 1 fully saturated rings.